The maximum absolute atomic E-state index is 11.9. The van der Waals surface area contributed by atoms with Gasteiger partial charge in [0, 0.05) is 26.1 Å². The summed E-state index contributed by atoms with van der Waals surface area (Å²) in [5.41, 5.74) is 0.726. The zero-order chi connectivity index (χ0) is 15.8. The Labute approximate surface area is 136 Å². The van der Waals surface area contributed by atoms with Crippen molar-refractivity contribution in [2.24, 2.45) is 0 Å². The Morgan fingerprint density at radius 2 is 1.86 bits per heavy atom. The molecular weight excluding hydrogens is 302 g/mol. The van der Waals surface area contributed by atoms with Gasteiger partial charge in [-0.05, 0) is 31.4 Å². The Kier molecular flexibility index (Phi) is 6.52. The molecule has 6 heteroatoms. The van der Waals surface area contributed by atoms with Crippen LogP contribution in [0, 0.1) is 0 Å². The number of amides is 2. The van der Waals surface area contributed by atoms with Crippen LogP contribution in [0.1, 0.15) is 25.7 Å². The third-order valence-electron chi connectivity index (χ3n) is 3.68. The number of carbonyl (C=O) groups excluding carboxylic acids is 2. The zero-order valence-electron chi connectivity index (χ0n) is 12.6. The van der Waals surface area contributed by atoms with Crippen LogP contribution in [0.3, 0.4) is 0 Å². The molecule has 0 aromatic heterocycles. The lowest BCUT2D eigenvalue weighted by molar-refractivity contribution is -0.132. The van der Waals surface area contributed by atoms with E-state index >= 15 is 0 Å². The van der Waals surface area contributed by atoms with Crippen LogP contribution in [0.25, 0.3) is 0 Å². The second-order valence-electron chi connectivity index (χ2n) is 5.37. The Balaban J connectivity index is 1.63. The number of para-hydroxylation sites is 1. The molecule has 1 aliphatic heterocycles. The standard InChI is InChI=1S/C16H22ClN3O2/c17-13-6-2-3-7-14(13)19-12-15(21)18-9-8-16(22)20-10-4-1-5-11-20/h2-3,6-7,19H,1,4-5,8-12H2,(H,18,21). The number of rotatable bonds is 6. The highest BCUT2D eigenvalue weighted by atomic mass is 35.5. The van der Waals surface area contributed by atoms with Gasteiger partial charge in [-0.1, -0.05) is 23.7 Å². The van der Waals surface area contributed by atoms with Crippen molar-refractivity contribution in [1.29, 1.82) is 0 Å². The minimum atomic E-state index is -0.147. The second kappa shape index (κ2) is 8.63. The molecule has 0 spiro atoms. The number of halogens is 1. The maximum atomic E-state index is 11.9. The largest absolute Gasteiger partial charge is 0.375 e. The van der Waals surface area contributed by atoms with Crippen LogP contribution < -0.4 is 10.6 Å². The Hall–Kier alpha value is -1.75. The highest BCUT2D eigenvalue weighted by Gasteiger charge is 2.16. The topological polar surface area (TPSA) is 61.4 Å². The van der Waals surface area contributed by atoms with Crippen molar-refractivity contribution < 1.29 is 9.59 Å². The first-order valence-corrected chi connectivity index (χ1v) is 8.07. The molecule has 1 aliphatic rings. The third kappa shape index (κ3) is 5.22. The van der Waals surface area contributed by atoms with E-state index in [-0.39, 0.29) is 18.4 Å². The minimum Gasteiger partial charge on any atom is -0.375 e. The molecule has 1 saturated heterocycles. The number of piperidine rings is 1. The maximum Gasteiger partial charge on any atom is 0.239 e. The van der Waals surface area contributed by atoms with Crippen LogP contribution >= 0.6 is 11.6 Å². The fourth-order valence-electron chi connectivity index (χ4n) is 2.45. The zero-order valence-corrected chi connectivity index (χ0v) is 13.4. The van der Waals surface area contributed by atoms with Gasteiger partial charge in [0.2, 0.25) is 11.8 Å². The monoisotopic (exact) mass is 323 g/mol. The van der Waals surface area contributed by atoms with Gasteiger partial charge in [-0.3, -0.25) is 9.59 Å². The van der Waals surface area contributed by atoms with E-state index in [0.717, 1.165) is 31.6 Å². The molecule has 0 saturated carbocycles. The average Bonchev–Trinajstić information content (AvgIpc) is 2.55. The number of carbonyl (C=O) groups is 2. The molecule has 0 unspecified atom stereocenters. The summed E-state index contributed by atoms with van der Waals surface area (Å²) in [5.74, 6) is -0.0228. The summed E-state index contributed by atoms with van der Waals surface area (Å²) in [6.45, 7) is 2.21. The Morgan fingerprint density at radius 3 is 2.59 bits per heavy atom. The smallest absolute Gasteiger partial charge is 0.239 e. The molecule has 1 aromatic rings. The number of likely N-dealkylation sites (tertiary alicyclic amines) is 1. The third-order valence-corrected chi connectivity index (χ3v) is 4.01. The van der Waals surface area contributed by atoms with E-state index in [1.807, 2.05) is 23.1 Å². The van der Waals surface area contributed by atoms with Gasteiger partial charge in [-0.15, -0.1) is 0 Å². The molecule has 0 atom stereocenters. The second-order valence-corrected chi connectivity index (χ2v) is 5.78. The van der Waals surface area contributed by atoms with Crippen molar-refractivity contribution >= 4 is 29.1 Å². The van der Waals surface area contributed by atoms with Gasteiger partial charge in [0.05, 0.1) is 17.3 Å². The van der Waals surface area contributed by atoms with Gasteiger partial charge in [0.15, 0.2) is 0 Å². The van der Waals surface area contributed by atoms with Crippen molar-refractivity contribution in [1.82, 2.24) is 10.2 Å². The molecule has 22 heavy (non-hydrogen) atoms. The first kappa shape index (κ1) is 16.6. The van der Waals surface area contributed by atoms with Crippen molar-refractivity contribution in [3.05, 3.63) is 29.3 Å². The molecule has 1 fully saturated rings. The number of hydrogen-bond donors (Lipinski definition) is 2. The summed E-state index contributed by atoms with van der Waals surface area (Å²) in [4.78, 5) is 25.6. The quantitative estimate of drug-likeness (QED) is 0.844. The van der Waals surface area contributed by atoms with Gasteiger partial charge in [-0.25, -0.2) is 0 Å². The summed E-state index contributed by atoms with van der Waals surface area (Å²) < 4.78 is 0. The minimum absolute atomic E-state index is 0.124. The first-order chi connectivity index (χ1) is 10.7. The van der Waals surface area contributed by atoms with E-state index in [9.17, 15) is 9.59 Å². The molecule has 2 rings (SSSR count). The lowest BCUT2D eigenvalue weighted by atomic mass is 10.1. The molecule has 1 heterocycles. The molecule has 120 valence electrons. The van der Waals surface area contributed by atoms with Gasteiger partial charge in [0.1, 0.15) is 0 Å². The fraction of sp³-hybridized carbons (Fsp3) is 0.500. The highest BCUT2D eigenvalue weighted by molar-refractivity contribution is 6.33. The van der Waals surface area contributed by atoms with E-state index < -0.39 is 0 Å². The van der Waals surface area contributed by atoms with Gasteiger partial charge >= 0.3 is 0 Å². The molecule has 2 N–H and O–H groups in total. The average molecular weight is 324 g/mol. The summed E-state index contributed by atoms with van der Waals surface area (Å²) in [5, 5.41) is 6.30. The SMILES string of the molecule is O=C(CNc1ccccc1Cl)NCCC(=O)N1CCCCC1. The van der Waals surface area contributed by atoms with Crippen LogP contribution in [0.5, 0.6) is 0 Å². The molecule has 0 radical (unpaired) electrons. The number of nitrogens with one attached hydrogen (secondary N) is 2. The molecule has 5 nitrogen and oxygen atoms in total. The van der Waals surface area contributed by atoms with Gasteiger partial charge < -0.3 is 15.5 Å². The van der Waals surface area contributed by atoms with E-state index in [1.165, 1.54) is 6.42 Å². The van der Waals surface area contributed by atoms with Crippen molar-refractivity contribution in [3.63, 3.8) is 0 Å². The number of nitrogens with zero attached hydrogens (tertiary/aromatic N) is 1. The van der Waals surface area contributed by atoms with E-state index in [1.54, 1.807) is 6.07 Å². The first-order valence-electron chi connectivity index (χ1n) is 7.69. The van der Waals surface area contributed by atoms with E-state index in [0.29, 0.717) is 18.0 Å². The highest BCUT2D eigenvalue weighted by Crippen LogP contribution is 2.19. The lowest BCUT2D eigenvalue weighted by Crippen LogP contribution is -2.38. The van der Waals surface area contributed by atoms with Gasteiger partial charge in [0.25, 0.3) is 0 Å². The summed E-state index contributed by atoms with van der Waals surface area (Å²) in [6.07, 6.45) is 3.73. The van der Waals surface area contributed by atoms with Crippen LogP contribution in [-0.2, 0) is 9.59 Å². The molecule has 0 aliphatic carbocycles. The Morgan fingerprint density at radius 1 is 1.14 bits per heavy atom. The van der Waals surface area contributed by atoms with E-state index in [2.05, 4.69) is 10.6 Å². The van der Waals surface area contributed by atoms with Gasteiger partial charge in [-0.2, -0.15) is 0 Å². The number of anilines is 1. The summed E-state index contributed by atoms with van der Waals surface area (Å²) >= 11 is 6.00. The molecule has 0 bridgehead atoms. The molecule has 1 aromatic carbocycles. The Bertz CT molecular complexity index is 516. The molecular formula is C16H22ClN3O2. The van der Waals surface area contributed by atoms with Crippen LogP contribution in [0.4, 0.5) is 5.69 Å². The number of hydrogen-bond acceptors (Lipinski definition) is 3. The van der Waals surface area contributed by atoms with Crippen molar-refractivity contribution in [2.45, 2.75) is 25.7 Å². The summed E-state index contributed by atoms with van der Waals surface area (Å²) in [7, 11) is 0. The lowest BCUT2D eigenvalue weighted by Gasteiger charge is -2.26. The van der Waals surface area contributed by atoms with Crippen molar-refractivity contribution in [3.8, 4) is 0 Å². The van der Waals surface area contributed by atoms with Crippen LogP contribution in [0.2, 0.25) is 5.02 Å². The van der Waals surface area contributed by atoms with Crippen LogP contribution in [0.15, 0.2) is 24.3 Å². The fourth-order valence-corrected chi connectivity index (χ4v) is 2.66. The normalized spacial score (nSPS) is 14.5. The predicted octanol–water partition coefficient (Wildman–Crippen LogP) is 2.27. The van der Waals surface area contributed by atoms with Crippen LogP contribution in [-0.4, -0.2) is 42.9 Å². The van der Waals surface area contributed by atoms with E-state index in [4.69, 9.17) is 11.6 Å². The summed E-state index contributed by atoms with van der Waals surface area (Å²) in [6, 6.07) is 7.26. The molecule has 2 amide bonds. The van der Waals surface area contributed by atoms with Crippen molar-refractivity contribution in [2.75, 3.05) is 31.5 Å². The predicted molar refractivity (Wildman–Crippen MR) is 88.0 cm³/mol. The number of benzene rings is 1.